The van der Waals surface area contributed by atoms with Crippen LogP contribution >= 0.6 is 0 Å². The van der Waals surface area contributed by atoms with Gasteiger partial charge in [0.1, 0.15) is 5.82 Å². The highest BCUT2D eigenvalue weighted by atomic mass is 16.1. The van der Waals surface area contributed by atoms with Gasteiger partial charge >= 0.3 is 0 Å². The fourth-order valence-corrected chi connectivity index (χ4v) is 2.47. The van der Waals surface area contributed by atoms with E-state index < -0.39 is 0 Å². The van der Waals surface area contributed by atoms with E-state index in [0.29, 0.717) is 12.1 Å². The van der Waals surface area contributed by atoms with Crippen LogP contribution in [0.5, 0.6) is 0 Å². The van der Waals surface area contributed by atoms with Crippen LogP contribution < -0.4 is 5.32 Å². The molecule has 4 heteroatoms. The number of aromatic nitrogens is 2. The molecule has 0 aliphatic rings. The third-order valence-electron chi connectivity index (χ3n) is 3.59. The molecule has 22 heavy (non-hydrogen) atoms. The highest BCUT2D eigenvalue weighted by molar-refractivity contribution is 5.94. The van der Waals surface area contributed by atoms with Gasteiger partial charge in [0.15, 0.2) is 0 Å². The second kappa shape index (κ2) is 6.43. The van der Waals surface area contributed by atoms with Gasteiger partial charge in [-0.3, -0.25) is 4.79 Å². The number of nitrogens with one attached hydrogen (secondary N) is 2. The number of amides is 1. The van der Waals surface area contributed by atoms with E-state index in [9.17, 15) is 4.79 Å². The largest absolute Gasteiger partial charge is 0.352 e. The van der Waals surface area contributed by atoms with Crippen molar-refractivity contribution in [2.24, 2.45) is 0 Å². The fourth-order valence-electron chi connectivity index (χ4n) is 2.47. The molecule has 0 atom stereocenters. The Morgan fingerprint density at radius 2 is 2.05 bits per heavy atom. The summed E-state index contributed by atoms with van der Waals surface area (Å²) in [5.74, 6) is 0.944. The number of imidazole rings is 1. The molecule has 1 heterocycles. The number of rotatable bonds is 5. The SMILES string of the molecule is Cc1cccc(C(=O)NCCCc2nc3ccccc3[nH]2)c1. The van der Waals surface area contributed by atoms with Gasteiger partial charge in [-0.2, -0.15) is 0 Å². The van der Waals surface area contributed by atoms with E-state index in [1.54, 1.807) is 0 Å². The van der Waals surface area contributed by atoms with Crippen molar-refractivity contribution in [1.29, 1.82) is 0 Å². The van der Waals surface area contributed by atoms with E-state index >= 15 is 0 Å². The molecule has 3 aromatic rings. The molecule has 0 fully saturated rings. The molecule has 1 aromatic heterocycles. The van der Waals surface area contributed by atoms with Gasteiger partial charge in [0, 0.05) is 18.5 Å². The first-order valence-corrected chi connectivity index (χ1v) is 7.51. The van der Waals surface area contributed by atoms with Gasteiger partial charge < -0.3 is 10.3 Å². The molecule has 0 saturated heterocycles. The molecule has 4 nitrogen and oxygen atoms in total. The van der Waals surface area contributed by atoms with Crippen LogP contribution in [0.15, 0.2) is 48.5 Å². The van der Waals surface area contributed by atoms with E-state index in [-0.39, 0.29) is 5.91 Å². The Labute approximate surface area is 129 Å². The minimum Gasteiger partial charge on any atom is -0.352 e. The molecule has 2 aromatic carbocycles. The number of para-hydroxylation sites is 2. The lowest BCUT2D eigenvalue weighted by Gasteiger charge is -2.05. The standard InChI is InChI=1S/C18H19N3O/c1-13-6-4-7-14(12-13)18(22)19-11-5-10-17-20-15-8-2-3-9-16(15)21-17/h2-4,6-9,12H,5,10-11H2,1H3,(H,19,22)(H,20,21). The van der Waals surface area contributed by atoms with Gasteiger partial charge in [0.05, 0.1) is 11.0 Å². The predicted octanol–water partition coefficient (Wildman–Crippen LogP) is 3.23. The van der Waals surface area contributed by atoms with Crippen LogP contribution in [0.3, 0.4) is 0 Å². The van der Waals surface area contributed by atoms with Crippen molar-refractivity contribution in [1.82, 2.24) is 15.3 Å². The molecule has 0 unspecified atom stereocenters. The lowest BCUT2D eigenvalue weighted by molar-refractivity contribution is 0.0953. The number of aryl methyl sites for hydroxylation is 2. The predicted molar refractivity (Wildman–Crippen MR) is 87.9 cm³/mol. The van der Waals surface area contributed by atoms with Crippen molar-refractivity contribution in [3.05, 3.63) is 65.5 Å². The van der Waals surface area contributed by atoms with Crippen LogP contribution in [0.1, 0.15) is 28.2 Å². The summed E-state index contributed by atoms with van der Waals surface area (Å²) in [4.78, 5) is 19.8. The summed E-state index contributed by atoms with van der Waals surface area (Å²) >= 11 is 0. The molecule has 0 saturated carbocycles. The van der Waals surface area contributed by atoms with Crippen molar-refractivity contribution in [3.8, 4) is 0 Å². The molecule has 112 valence electrons. The molecule has 0 aliphatic heterocycles. The Bertz CT molecular complexity index is 759. The molecule has 0 spiro atoms. The minimum absolute atomic E-state index is 0.0201. The van der Waals surface area contributed by atoms with Crippen LogP contribution in [0, 0.1) is 6.92 Å². The third kappa shape index (κ3) is 3.34. The second-order valence-corrected chi connectivity index (χ2v) is 5.43. The highest BCUT2D eigenvalue weighted by Crippen LogP contribution is 2.11. The lowest BCUT2D eigenvalue weighted by Crippen LogP contribution is -2.24. The van der Waals surface area contributed by atoms with Gasteiger partial charge in [0.25, 0.3) is 5.91 Å². The summed E-state index contributed by atoms with van der Waals surface area (Å²) in [6.45, 7) is 2.63. The van der Waals surface area contributed by atoms with Gasteiger partial charge in [-0.15, -0.1) is 0 Å². The van der Waals surface area contributed by atoms with Gasteiger partial charge in [-0.05, 0) is 37.6 Å². The molecule has 0 radical (unpaired) electrons. The average molecular weight is 293 g/mol. The van der Waals surface area contributed by atoms with Crippen molar-refractivity contribution in [3.63, 3.8) is 0 Å². The maximum absolute atomic E-state index is 12.0. The van der Waals surface area contributed by atoms with E-state index in [1.165, 1.54) is 0 Å². The van der Waals surface area contributed by atoms with Gasteiger partial charge in [-0.1, -0.05) is 29.8 Å². The Morgan fingerprint density at radius 3 is 2.86 bits per heavy atom. The quantitative estimate of drug-likeness (QED) is 0.710. The Balaban J connectivity index is 1.50. The molecule has 0 aliphatic carbocycles. The summed E-state index contributed by atoms with van der Waals surface area (Å²) in [5, 5.41) is 2.95. The minimum atomic E-state index is -0.0201. The smallest absolute Gasteiger partial charge is 0.251 e. The van der Waals surface area contributed by atoms with E-state index in [2.05, 4.69) is 15.3 Å². The van der Waals surface area contributed by atoms with Crippen molar-refractivity contribution >= 4 is 16.9 Å². The zero-order valence-corrected chi connectivity index (χ0v) is 12.6. The van der Waals surface area contributed by atoms with Gasteiger partial charge in [0.2, 0.25) is 0 Å². The maximum Gasteiger partial charge on any atom is 0.251 e. The van der Waals surface area contributed by atoms with Crippen LogP contribution in [-0.4, -0.2) is 22.4 Å². The number of hydrogen-bond acceptors (Lipinski definition) is 2. The normalized spacial score (nSPS) is 10.8. The van der Waals surface area contributed by atoms with Crippen molar-refractivity contribution in [2.45, 2.75) is 19.8 Å². The Kier molecular flexibility index (Phi) is 4.19. The van der Waals surface area contributed by atoms with E-state index in [4.69, 9.17) is 0 Å². The number of hydrogen-bond donors (Lipinski definition) is 2. The number of benzene rings is 2. The first-order chi connectivity index (χ1) is 10.7. The maximum atomic E-state index is 12.0. The van der Waals surface area contributed by atoms with E-state index in [1.807, 2.05) is 55.5 Å². The zero-order valence-electron chi connectivity index (χ0n) is 12.6. The zero-order chi connectivity index (χ0) is 15.4. The number of nitrogens with zero attached hydrogens (tertiary/aromatic N) is 1. The Morgan fingerprint density at radius 1 is 1.18 bits per heavy atom. The molecule has 1 amide bonds. The number of carbonyl (C=O) groups is 1. The highest BCUT2D eigenvalue weighted by Gasteiger charge is 2.05. The topological polar surface area (TPSA) is 57.8 Å². The number of carbonyl (C=O) groups excluding carboxylic acids is 1. The lowest BCUT2D eigenvalue weighted by atomic mass is 10.1. The number of H-pyrrole nitrogens is 1. The van der Waals surface area contributed by atoms with Crippen molar-refractivity contribution < 1.29 is 4.79 Å². The second-order valence-electron chi connectivity index (χ2n) is 5.43. The number of aromatic amines is 1. The monoisotopic (exact) mass is 293 g/mol. The fraction of sp³-hybridized carbons (Fsp3) is 0.222. The van der Waals surface area contributed by atoms with Crippen LogP contribution in [0.4, 0.5) is 0 Å². The summed E-state index contributed by atoms with van der Waals surface area (Å²) in [5.41, 5.74) is 3.85. The summed E-state index contributed by atoms with van der Waals surface area (Å²) in [6, 6.07) is 15.6. The first-order valence-electron chi connectivity index (χ1n) is 7.51. The summed E-state index contributed by atoms with van der Waals surface area (Å²) in [6.07, 6.45) is 1.68. The van der Waals surface area contributed by atoms with Crippen LogP contribution in [-0.2, 0) is 6.42 Å². The number of fused-ring (bicyclic) bond motifs is 1. The van der Waals surface area contributed by atoms with Crippen molar-refractivity contribution in [2.75, 3.05) is 6.54 Å². The van der Waals surface area contributed by atoms with Crippen LogP contribution in [0.25, 0.3) is 11.0 Å². The third-order valence-corrected chi connectivity index (χ3v) is 3.59. The average Bonchev–Trinajstić information content (AvgIpc) is 2.94. The Hall–Kier alpha value is -2.62. The molecular weight excluding hydrogens is 274 g/mol. The van der Waals surface area contributed by atoms with E-state index in [0.717, 1.165) is 35.3 Å². The molecule has 3 rings (SSSR count). The first kappa shape index (κ1) is 14.3. The van der Waals surface area contributed by atoms with Gasteiger partial charge in [-0.25, -0.2) is 4.98 Å². The molecule has 2 N–H and O–H groups in total. The summed E-state index contributed by atoms with van der Waals surface area (Å²) < 4.78 is 0. The molecule has 0 bridgehead atoms. The molecular formula is C18H19N3O. The van der Waals surface area contributed by atoms with Crippen LogP contribution in [0.2, 0.25) is 0 Å². The summed E-state index contributed by atoms with van der Waals surface area (Å²) in [7, 11) is 0.